The third-order valence-corrected chi connectivity index (χ3v) is 12.4. The average Bonchev–Trinajstić information content (AvgIpc) is 4.15. The topological polar surface area (TPSA) is 194 Å². The van der Waals surface area contributed by atoms with Crippen LogP contribution in [0.15, 0.2) is 92.8 Å². The first-order valence-electron chi connectivity index (χ1n) is 23.2. The molecule has 0 radical (unpaired) electrons. The Morgan fingerprint density at radius 1 is 0.426 bits per heavy atom. The number of rotatable bonds is 0. The molecule has 0 atom stereocenters. The van der Waals surface area contributed by atoms with Gasteiger partial charge in [0.1, 0.15) is 0 Å². The summed E-state index contributed by atoms with van der Waals surface area (Å²) in [5, 5.41) is 0. The predicted molar refractivity (Wildman–Crippen MR) is 268 cm³/mol. The fourth-order valence-electron chi connectivity index (χ4n) is 7.64. The molecule has 8 heterocycles. The Kier molecular flexibility index (Phi) is 21.4. The van der Waals surface area contributed by atoms with Crippen molar-refractivity contribution in [2.75, 3.05) is 39.6 Å². The van der Waals surface area contributed by atoms with E-state index in [2.05, 4.69) is 114 Å². The van der Waals surface area contributed by atoms with Gasteiger partial charge in [-0.3, -0.25) is 20.0 Å². The molecule has 13 nitrogen and oxygen atoms in total. The van der Waals surface area contributed by atoms with E-state index in [0.717, 1.165) is 130 Å². The number of nitrogens with one attached hydrogen (secondary N) is 2. The van der Waals surface area contributed by atoms with Crippen molar-refractivity contribution in [3.63, 3.8) is 0 Å². The Bertz CT molecular complexity index is 2250. The van der Waals surface area contributed by atoms with Gasteiger partial charge in [-0.2, -0.15) is 11.4 Å². The fourth-order valence-corrected chi connectivity index (χ4v) is 7.64. The molecule has 10 rings (SSSR count). The van der Waals surface area contributed by atoms with Gasteiger partial charge in [-0.05, 0) is 156 Å². The van der Waals surface area contributed by atoms with Crippen molar-refractivity contribution < 1.29 is 56.3 Å². The van der Waals surface area contributed by atoms with Crippen molar-refractivity contribution in [3.05, 3.63) is 141 Å². The molecule has 14 heteroatoms. The van der Waals surface area contributed by atoms with Crippen LogP contribution in [0.4, 0.5) is 22.7 Å². The van der Waals surface area contributed by atoms with Crippen LogP contribution in [-0.2, 0) is 36.0 Å². The number of aromatic amines is 2. The van der Waals surface area contributed by atoms with E-state index in [1.807, 2.05) is 49.1 Å². The standard InChI is InChI=1S/C42H42N8.3C4H8O.2O.U/c1-25-17-33-34(18-26(25)2)44-22-30-10-14-38(48-30)42(7,8)40-16-12-32(50-40)24-46-36-20-28(4)27(3)19-35(36)45-23-31-11-15-39(49-31)41(5,6)37-13-9-29(47-37)21-43-33;3*1-2-4-5-3-1;;;/h9-24,47,49H,1-8H3;3*1-4H2;;;/q-2;;;;2*-2;. The Morgan fingerprint density at radius 2 is 0.735 bits per heavy atom. The minimum absolute atomic E-state index is 0. The summed E-state index contributed by atoms with van der Waals surface area (Å²) in [6.45, 7) is 23.0. The summed E-state index contributed by atoms with van der Waals surface area (Å²) in [7, 11) is 0. The summed E-state index contributed by atoms with van der Waals surface area (Å²) < 4.78 is 14.8. The first-order valence-corrected chi connectivity index (χ1v) is 23.2. The van der Waals surface area contributed by atoms with Crippen LogP contribution in [-0.4, -0.2) is 74.5 Å². The zero-order valence-corrected chi connectivity index (χ0v) is 45.1. The van der Waals surface area contributed by atoms with E-state index in [1.54, 1.807) is 0 Å². The van der Waals surface area contributed by atoms with E-state index >= 15 is 0 Å². The van der Waals surface area contributed by atoms with Crippen LogP contribution in [0.3, 0.4) is 0 Å². The number of H-pyrrole nitrogens is 2. The van der Waals surface area contributed by atoms with E-state index < -0.39 is 5.41 Å². The van der Waals surface area contributed by atoms with Gasteiger partial charge in [0.2, 0.25) is 0 Å². The number of benzene rings is 2. The molecule has 0 saturated carbocycles. The van der Waals surface area contributed by atoms with E-state index in [0.29, 0.717) is 0 Å². The molecule has 4 aromatic heterocycles. The molecule has 2 aromatic carbocycles. The smallest absolute Gasteiger partial charge is 0.0889 e. The largest absolute Gasteiger partial charge is 2.00 e. The van der Waals surface area contributed by atoms with Crippen molar-refractivity contribution in [1.29, 1.82) is 0 Å². The van der Waals surface area contributed by atoms with Gasteiger partial charge in [-0.1, -0.05) is 38.1 Å². The molecule has 4 aliphatic rings. The van der Waals surface area contributed by atoms with Crippen LogP contribution < -0.4 is 9.97 Å². The first kappa shape index (κ1) is 55.7. The minimum atomic E-state index is -0.423. The first-order chi connectivity index (χ1) is 31.4. The van der Waals surface area contributed by atoms with E-state index in [-0.39, 0.29) is 47.5 Å². The van der Waals surface area contributed by atoms with Gasteiger partial charge in [0.05, 0.1) is 46.6 Å². The maximum atomic E-state index is 4.95. The van der Waals surface area contributed by atoms with Gasteiger partial charge in [0.25, 0.3) is 0 Å². The van der Waals surface area contributed by atoms with Gasteiger partial charge >= 0.3 is 0 Å². The number of ether oxygens (including phenoxy) is 3. The van der Waals surface area contributed by atoms with Crippen LogP contribution in [0.1, 0.15) is 134 Å². The van der Waals surface area contributed by atoms with Crippen molar-refractivity contribution in [2.24, 2.45) is 20.0 Å². The fraction of sp³-hybridized carbons (Fsp3) is 0.407. The van der Waals surface area contributed by atoms with E-state index in [9.17, 15) is 0 Å². The second-order valence-corrected chi connectivity index (χ2v) is 18.3. The molecule has 3 fully saturated rings. The average molecular weight is 1150 g/mol. The predicted octanol–water partition coefficient (Wildman–Crippen LogP) is 11.6. The van der Waals surface area contributed by atoms with Gasteiger partial charge < -0.3 is 45.1 Å². The Balaban J connectivity index is 0.000000476. The number of aromatic nitrogens is 4. The Morgan fingerprint density at radius 3 is 1.03 bits per heavy atom. The second-order valence-electron chi connectivity index (χ2n) is 18.3. The molecule has 6 aromatic rings. The third-order valence-electron chi connectivity index (χ3n) is 12.4. The molecule has 3 saturated heterocycles. The van der Waals surface area contributed by atoms with Gasteiger partial charge in [-0.25, -0.2) is 0 Å². The summed E-state index contributed by atoms with van der Waals surface area (Å²) >= 11 is 0. The SMILES string of the molecule is C1CCOC1.C1CCOC1.C1CCOC1.Cc1cc2c(cc1C)N=Cc1ccc([nH]1)C(C)(C)c1ccc([nH]1)C=Nc1cc(C)c(C)cc1N=Cc1ccc([n-]1)C(C)(C)c1ccc([n-]1)C=N2.[O-2].[O-2].[U]. The molecular weight excluding hydrogens is 1080 g/mol. The van der Waals surface area contributed by atoms with Crippen LogP contribution >= 0.6 is 0 Å². The monoisotopic (exact) mass is 1140 g/mol. The molecular formula is C54H66N8O5U-6. The zero-order chi connectivity index (χ0) is 45.8. The molecule has 8 bridgehead atoms. The quantitative estimate of drug-likeness (QED) is 0.152. The molecule has 0 aliphatic carbocycles. The van der Waals surface area contributed by atoms with Gasteiger partial charge in [0.15, 0.2) is 0 Å². The number of aliphatic imine (C=N–C) groups is 4. The molecule has 0 spiro atoms. The molecule has 2 N–H and O–H groups in total. The number of aryl methyl sites for hydroxylation is 4. The van der Waals surface area contributed by atoms with Crippen molar-refractivity contribution in [2.45, 2.75) is 105 Å². The molecule has 0 amide bonds. The summed E-state index contributed by atoms with van der Waals surface area (Å²) in [6, 6.07) is 24.8. The van der Waals surface area contributed by atoms with Crippen LogP contribution in [0.5, 0.6) is 0 Å². The summed E-state index contributed by atoms with van der Waals surface area (Å²) in [4.78, 5) is 36.6. The number of fused-ring (bicyclic) bond motifs is 10. The number of nitrogens with zero attached hydrogens (tertiary/aromatic N) is 6. The van der Waals surface area contributed by atoms with Crippen LogP contribution in [0.25, 0.3) is 0 Å². The molecule has 362 valence electrons. The van der Waals surface area contributed by atoms with Crippen molar-refractivity contribution in [3.8, 4) is 0 Å². The van der Waals surface area contributed by atoms with E-state index in [4.69, 9.17) is 44.1 Å². The third kappa shape index (κ3) is 14.8. The maximum absolute atomic E-state index is 4.95. The van der Waals surface area contributed by atoms with Gasteiger partial charge in [-0.15, -0.1) is 11.4 Å². The minimum Gasteiger partial charge on any atom is -2.00 e. The molecule has 4 aliphatic heterocycles. The van der Waals surface area contributed by atoms with Crippen LogP contribution in [0, 0.1) is 58.8 Å². The number of hydrogen-bond donors (Lipinski definition) is 2. The molecule has 68 heavy (non-hydrogen) atoms. The number of hydrogen-bond acceptors (Lipinski definition) is 7. The Labute approximate surface area is 426 Å². The van der Waals surface area contributed by atoms with E-state index in [1.165, 1.54) is 38.5 Å². The zero-order valence-electron chi connectivity index (χ0n) is 40.9. The molecule has 0 unspecified atom stereocenters. The van der Waals surface area contributed by atoms with Crippen LogP contribution in [0.2, 0.25) is 0 Å². The summed E-state index contributed by atoms with van der Waals surface area (Å²) in [6.07, 6.45) is 15.0. The maximum Gasteiger partial charge on any atom is 0.0889 e. The van der Waals surface area contributed by atoms with Crippen molar-refractivity contribution in [1.82, 2.24) is 19.9 Å². The normalized spacial score (nSPS) is 16.5. The summed E-state index contributed by atoms with van der Waals surface area (Å²) in [5.41, 5.74) is 14.4. The Hall–Kier alpha value is -4.91. The second kappa shape index (κ2) is 26.2. The van der Waals surface area contributed by atoms with Crippen molar-refractivity contribution >= 4 is 47.6 Å². The summed E-state index contributed by atoms with van der Waals surface area (Å²) in [5.74, 6) is 0. The van der Waals surface area contributed by atoms with Gasteiger partial charge in [0, 0.05) is 100.0 Å².